The summed E-state index contributed by atoms with van der Waals surface area (Å²) in [5.74, 6) is 0.652. The number of hydrogen-bond donors (Lipinski definition) is 1. The van der Waals surface area contributed by atoms with Gasteiger partial charge in [-0.3, -0.25) is 5.32 Å². The molecule has 0 aliphatic carbocycles. The fraction of sp³-hybridized carbons (Fsp3) is 0.562. The Hall–Kier alpha value is -1.37. The van der Waals surface area contributed by atoms with E-state index in [4.69, 9.17) is 4.74 Å². The third-order valence-corrected chi connectivity index (χ3v) is 3.35. The molecule has 0 aliphatic rings. The minimum absolute atomic E-state index is 0.593. The molecule has 1 atom stereocenters. The van der Waals surface area contributed by atoms with E-state index in [9.17, 15) is 5.26 Å². The number of nitriles is 1. The molecule has 1 aromatic rings. The van der Waals surface area contributed by atoms with E-state index in [1.165, 1.54) is 0 Å². The van der Waals surface area contributed by atoms with Gasteiger partial charge in [0.05, 0.1) is 6.07 Å². The molecule has 0 aliphatic heterocycles. The smallest absolute Gasteiger partial charge is 0.134 e. The first-order valence-corrected chi connectivity index (χ1v) is 6.88. The van der Waals surface area contributed by atoms with Gasteiger partial charge in [-0.25, -0.2) is 0 Å². The van der Waals surface area contributed by atoms with Crippen molar-refractivity contribution >= 4 is 0 Å². The largest absolute Gasteiger partial charge is 0.381 e. The first kappa shape index (κ1) is 15.7. The highest BCUT2D eigenvalue weighted by atomic mass is 16.5. The van der Waals surface area contributed by atoms with Crippen molar-refractivity contribution in [2.75, 3.05) is 20.3 Å². The second-order valence-electron chi connectivity index (χ2n) is 5.18. The topological polar surface area (TPSA) is 45.0 Å². The monoisotopic (exact) mass is 260 g/mol. The number of ether oxygens (including phenoxy) is 1. The van der Waals surface area contributed by atoms with Crippen LogP contribution in [0.15, 0.2) is 30.3 Å². The predicted molar refractivity (Wildman–Crippen MR) is 77.7 cm³/mol. The van der Waals surface area contributed by atoms with Crippen LogP contribution in [0.3, 0.4) is 0 Å². The van der Waals surface area contributed by atoms with Crippen molar-refractivity contribution in [3.05, 3.63) is 35.9 Å². The summed E-state index contributed by atoms with van der Waals surface area (Å²) in [6.45, 7) is 5.72. The number of hydrogen-bond acceptors (Lipinski definition) is 3. The summed E-state index contributed by atoms with van der Waals surface area (Å²) in [6.07, 6.45) is 1.71. The zero-order valence-electron chi connectivity index (χ0n) is 12.1. The summed E-state index contributed by atoms with van der Waals surface area (Å²) >= 11 is 0. The van der Waals surface area contributed by atoms with Crippen molar-refractivity contribution in [2.24, 2.45) is 5.92 Å². The van der Waals surface area contributed by atoms with E-state index >= 15 is 0 Å². The summed E-state index contributed by atoms with van der Waals surface area (Å²) in [5.41, 5.74) is 0.339. The Labute approximate surface area is 116 Å². The van der Waals surface area contributed by atoms with Crippen molar-refractivity contribution in [1.82, 2.24) is 5.32 Å². The van der Waals surface area contributed by atoms with Gasteiger partial charge in [0.15, 0.2) is 0 Å². The number of nitrogens with one attached hydrogen (secondary N) is 1. The quantitative estimate of drug-likeness (QED) is 0.731. The van der Waals surface area contributed by atoms with Gasteiger partial charge in [0.2, 0.25) is 0 Å². The molecule has 104 valence electrons. The Balaban J connectivity index is 2.56. The second kappa shape index (κ2) is 7.93. The first-order chi connectivity index (χ1) is 9.14. The van der Waals surface area contributed by atoms with E-state index in [2.05, 4.69) is 25.2 Å². The van der Waals surface area contributed by atoms with Crippen LogP contribution in [0.1, 0.15) is 32.3 Å². The highest BCUT2D eigenvalue weighted by molar-refractivity contribution is 5.31. The van der Waals surface area contributed by atoms with Crippen LogP contribution >= 0.6 is 0 Å². The fourth-order valence-electron chi connectivity index (χ4n) is 1.96. The lowest BCUT2D eigenvalue weighted by Gasteiger charge is -2.26. The zero-order valence-corrected chi connectivity index (χ0v) is 12.1. The third-order valence-electron chi connectivity index (χ3n) is 3.35. The van der Waals surface area contributed by atoms with E-state index in [1.54, 1.807) is 0 Å². The molecule has 1 unspecified atom stereocenters. The lowest BCUT2D eigenvalue weighted by Crippen LogP contribution is -2.39. The standard InChI is InChI=1S/C16H24N2O/c1-14(2)9-11-19-12-10-16(13-17,18-3)15-7-5-4-6-8-15/h4-8,14,18H,9-12H2,1-3H3. The van der Waals surface area contributed by atoms with Crippen LogP contribution in [0.5, 0.6) is 0 Å². The molecule has 1 rings (SSSR count). The van der Waals surface area contributed by atoms with Crippen molar-refractivity contribution in [1.29, 1.82) is 5.26 Å². The van der Waals surface area contributed by atoms with Crippen LogP contribution in [0.2, 0.25) is 0 Å². The lowest BCUT2D eigenvalue weighted by molar-refractivity contribution is 0.108. The van der Waals surface area contributed by atoms with Crippen molar-refractivity contribution < 1.29 is 4.74 Å². The van der Waals surface area contributed by atoms with Crippen LogP contribution in [0, 0.1) is 17.2 Å². The van der Waals surface area contributed by atoms with E-state index in [0.29, 0.717) is 18.9 Å². The van der Waals surface area contributed by atoms with Gasteiger partial charge >= 0.3 is 0 Å². The maximum absolute atomic E-state index is 9.51. The van der Waals surface area contributed by atoms with Crippen LogP contribution in [-0.2, 0) is 10.3 Å². The van der Waals surface area contributed by atoms with Crippen molar-refractivity contribution in [3.63, 3.8) is 0 Å². The summed E-state index contributed by atoms with van der Waals surface area (Å²) in [6, 6.07) is 12.2. The van der Waals surface area contributed by atoms with Gasteiger partial charge < -0.3 is 4.74 Å². The minimum atomic E-state index is -0.654. The van der Waals surface area contributed by atoms with E-state index in [1.807, 2.05) is 37.4 Å². The second-order valence-corrected chi connectivity index (χ2v) is 5.18. The van der Waals surface area contributed by atoms with Crippen LogP contribution in [0.4, 0.5) is 0 Å². The van der Waals surface area contributed by atoms with Gasteiger partial charge in [0, 0.05) is 19.6 Å². The molecule has 3 heteroatoms. The molecule has 0 spiro atoms. The molecule has 0 saturated heterocycles. The average molecular weight is 260 g/mol. The highest BCUT2D eigenvalue weighted by Crippen LogP contribution is 2.23. The summed E-state index contributed by atoms with van der Waals surface area (Å²) in [4.78, 5) is 0. The van der Waals surface area contributed by atoms with Crippen molar-refractivity contribution in [3.8, 4) is 6.07 Å². The molecule has 0 amide bonds. The van der Waals surface area contributed by atoms with Crippen LogP contribution in [-0.4, -0.2) is 20.3 Å². The molecule has 1 aromatic carbocycles. The van der Waals surface area contributed by atoms with E-state index in [-0.39, 0.29) is 0 Å². The maximum atomic E-state index is 9.51. The number of rotatable bonds is 8. The molecule has 0 fully saturated rings. The van der Waals surface area contributed by atoms with Crippen molar-refractivity contribution in [2.45, 2.75) is 32.2 Å². The molecule has 3 nitrogen and oxygen atoms in total. The summed E-state index contributed by atoms with van der Waals surface area (Å²) in [5, 5.41) is 12.6. The number of benzene rings is 1. The molecule has 0 bridgehead atoms. The molecule has 0 saturated carbocycles. The summed E-state index contributed by atoms with van der Waals surface area (Å²) in [7, 11) is 1.82. The first-order valence-electron chi connectivity index (χ1n) is 6.88. The minimum Gasteiger partial charge on any atom is -0.381 e. The van der Waals surface area contributed by atoms with E-state index < -0.39 is 5.54 Å². The van der Waals surface area contributed by atoms with Gasteiger partial charge in [-0.1, -0.05) is 44.2 Å². The molecular weight excluding hydrogens is 236 g/mol. The Morgan fingerprint density at radius 2 is 1.95 bits per heavy atom. The summed E-state index contributed by atoms with van der Waals surface area (Å²) < 4.78 is 5.63. The molecule has 1 N–H and O–H groups in total. The predicted octanol–water partition coefficient (Wildman–Crippen LogP) is 3.08. The average Bonchev–Trinajstić information content (AvgIpc) is 2.44. The number of nitrogens with zero attached hydrogens (tertiary/aromatic N) is 1. The van der Waals surface area contributed by atoms with Gasteiger partial charge in [0.1, 0.15) is 5.54 Å². The molecule has 0 radical (unpaired) electrons. The van der Waals surface area contributed by atoms with Crippen LogP contribution in [0.25, 0.3) is 0 Å². The maximum Gasteiger partial charge on any atom is 0.134 e. The Morgan fingerprint density at radius 3 is 2.47 bits per heavy atom. The third kappa shape index (κ3) is 4.66. The SMILES string of the molecule is CNC(C#N)(CCOCCC(C)C)c1ccccc1. The van der Waals surface area contributed by atoms with Crippen LogP contribution < -0.4 is 5.32 Å². The Bertz CT molecular complexity index is 397. The highest BCUT2D eigenvalue weighted by Gasteiger charge is 2.29. The van der Waals surface area contributed by atoms with Gasteiger partial charge in [-0.15, -0.1) is 0 Å². The molecular formula is C16H24N2O. The van der Waals surface area contributed by atoms with E-state index in [0.717, 1.165) is 18.6 Å². The molecule has 0 aromatic heterocycles. The van der Waals surface area contributed by atoms with Gasteiger partial charge in [-0.05, 0) is 24.9 Å². The normalized spacial score (nSPS) is 14.1. The Morgan fingerprint density at radius 1 is 1.26 bits per heavy atom. The molecule has 0 heterocycles. The zero-order chi connectivity index (χ0) is 14.1. The fourth-order valence-corrected chi connectivity index (χ4v) is 1.96. The lowest BCUT2D eigenvalue weighted by atomic mass is 9.88. The Kier molecular flexibility index (Phi) is 6.55. The van der Waals surface area contributed by atoms with Gasteiger partial charge in [0.25, 0.3) is 0 Å². The molecule has 19 heavy (non-hydrogen) atoms. The van der Waals surface area contributed by atoms with Gasteiger partial charge in [-0.2, -0.15) is 5.26 Å².